The van der Waals surface area contributed by atoms with Crippen LogP contribution in [0.15, 0.2) is 67.3 Å². The molecule has 1 unspecified atom stereocenters. The van der Waals surface area contributed by atoms with E-state index < -0.39 is 5.60 Å². The zero-order chi connectivity index (χ0) is 19.6. The fraction of sp³-hybridized carbons (Fsp3) is 0.143. The third-order valence-corrected chi connectivity index (χ3v) is 4.62. The highest BCUT2D eigenvalue weighted by atomic mass is 19.1. The van der Waals surface area contributed by atoms with Crippen LogP contribution >= 0.6 is 0 Å². The van der Waals surface area contributed by atoms with Crippen LogP contribution in [-0.4, -0.2) is 24.9 Å². The summed E-state index contributed by atoms with van der Waals surface area (Å²) in [4.78, 5) is 8.54. The topological polar surface area (TPSA) is 87.6 Å². The molecular weight excluding hydrogens is 357 g/mol. The Labute approximate surface area is 160 Å². The Hall–Kier alpha value is -3.63. The lowest BCUT2D eigenvalue weighted by Gasteiger charge is -2.28. The van der Waals surface area contributed by atoms with Gasteiger partial charge in [-0.2, -0.15) is 10.4 Å². The molecule has 0 aliphatic carbocycles. The molecule has 6 nitrogen and oxygen atoms in total. The Morgan fingerprint density at radius 2 is 1.93 bits per heavy atom. The molecule has 1 atom stereocenters. The van der Waals surface area contributed by atoms with Crippen molar-refractivity contribution in [2.24, 2.45) is 0 Å². The van der Waals surface area contributed by atoms with Gasteiger partial charge in [-0.1, -0.05) is 18.2 Å². The molecule has 0 aliphatic heterocycles. The zero-order valence-electron chi connectivity index (χ0n) is 14.8. The van der Waals surface area contributed by atoms with Gasteiger partial charge in [-0.3, -0.25) is 4.98 Å². The summed E-state index contributed by atoms with van der Waals surface area (Å²) in [6, 6.07) is 16.8. The quantitative estimate of drug-likeness (QED) is 0.581. The number of benzene rings is 2. The standard InChI is InChI=1S/C21H16FN5O/c22-18-5-3-17(4-6-18)21(28,12-27-14-24-13-25-27)10-19-7-2-16-9-15(11-23)1-8-20(16)26-19/h1-9,13-14,28H,10,12H2. The van der Waals surface area contributed by atoms with Crippen molar-refractivity contribution >= 4 is 10.9 Å². The van der Waals surface area contributed by atoms with E-state index >= 15 is 0 Å². The van der Waals surface area contributed by atoms with Gasteiger partial charge in [-0.05, 0) is 42.0 Å². The Morgan fingerprint density at radius 1 is 1.11 bits per heavy atom. The second-order valence-electron chi connectivity index (χ2n) is 6.63. The highest BCUT2D eigenvalue weighted by Crippen LogP contribution is 2.28. The van der Waals surface area contributed by atoms with Gasteiger partial charge in [0.15, 0.2) is 0 Å². The molecule has 28 heavy (non-hydrogen) atoms. The lowest BCUT2D eigenvalue weighted by molar-refractivity contribution is 0.0142. The summed E-state index contributed by atoms with van der Waals surface area (Å²) in [6.07, 6.45) is 3.12. The van der Waals surface area contributed by atoms with Crippen LogP contribution in [0.2, 0.25) is 0 Å². The molecule has 2 heterocycles. The van der Waals surface area contributed by atoms with Crippen molar-refractivity contribution in [2.75, 3.05) is 0 Å². The van der Waals surface area contributed by atoms with Gasteiger partial charge in [0.25, 0.3) is 0 Å². The highest BCUT2D eigenvalue weighted by Gasteiger charge is 2.31. The maximum atomic E-state index is 13.4. The summed E-state index contributed by atoms with van der Waals surface area (Å²) in [5, 5.41) is 25.4. The molecule has 4 aromatic rings. The predicted molar refractivity (Wildman–Crippen MR) is 100 cm³/mol. The third kappa shape index (κ3) is 3.59. The summed E-state index contributed by atoms with van der Waals surface area (Å²) >= 11 is 0. The molecule has 0 spiro atoms. The van der Waals surface area contributed by atoms with E-state index in [9.17, 15) is 9.50 Å². The number of fused-ring (bicyclic) bond motifs is 1. The number of aliphatic hydroxyl groups is 1. The molecule has 138 valence electrons. The van der Waals surface area contributed by atoms with Crippen molar-refractivity contribution in [1.82, 2.24) is 19.7 Å². The molecular formula is C21H16FN5O. The lowest BCUT2D eigenvalue weighted by Crippen LogP contribution is -2.34. The second kappa shape index (κ2) is 7.18. The average molecular weight is 373 g/mol. The van der Waals surface area contributed by atoms with Crippen molar-refractivity contribution in [3.63, 3.8) is 0 Å². The molecule has 7 heteroatoms. The summed E-state index contributed by atoms with van der Waals surface area (Å²) in [5.74, 6) is -0.371. The first-order valence-corrected chi connectivity index (χ1v) is 8.66. The molecule has 1 N–H and O–H groups in total. The molecule has 4 rings (SSSR count). The summed E-state index contributed by atoms with van der Waals surface area (Å²) in [5.41, 5.74) is 1.18. The largest absolute Gasteiger partial charge is 0.383 e. The minimum absolute atomic E-state index is 0.145. The van der Waals surface area contributed by atoms with Crippen molar-refractivity contribution in [2.45, 2.75) is 18.6 Å². The molecule has 2 aromatic carbocycles. The predicted octanol–water partition coefficient (Wildman–Crippen LogP) is 2.97. The molecule has 0 bridgehead atoms. The number of hydrogen-bond donors (Lipinski definition) is 1. The lowest BCUT2D eigenvalue weighted by atomic mass is 9.88. The first-order valence-electron chi connectivity index (χ1n) is 8.66. The van der Waals surface area contributed by atoms with Crippen LogP contribution in [0.3, 0.4) is 0 Å². The van der Waals surface area contributed by atoms with Gasteiger partial charge in [0, 0.05) is 17.5 Å². The summed E-state index contributed by atoms with van der Waals surface area (Å²) < 4.78 is 14.9. The van der Waals surface area contributed by atoms with E-state index in [1.54, 1.807) is 30.3 Å². The fourth-order valence-corrected chi connectivity index (χ4v) is 3.23. The van der Waals surface area contributed by atoms with Crippen molar-refractivity contribution in [3.8, 4) is 6.07 Å². The van der Waals surface area contributed by atoms with Gasteiger partial charge in [0.05, 0.1) is 23.7 Å². The molecule has 0 saturated carbocycles. The Kier molecular flexibility index (Phi) is 4.55. The van der Waals surface area contributed by atoms with Crippen LogP contribution in [-0.2, 0) is 18.6 Å². The normalized spacial score (nSPS) is 13.2. The van der Waals surface area contributed by atoms with Crippen molar-refractivity contribution in [1.29, 1.82) is 5.26 Å². The minimum atomic E-state index is -1.35. The first-order chi connectivity index (χ1) is 13.6. The molecule has 0 amide bonds. The van der Waals surface area contributed by atoms with E-state index in [0.717, 1.165) is 10.9 Å². The van der Waals surface area contributed by atoms with Gasteiger partial charge in [-0.25, -0.2) is 14.1 Å². The number of nitrogens with zero attached hydrogens (tertiary/aromatic N) is 5. The second-order valence-corrected chi connectivity index (χ2v) is 6.63. The van der Waals surface area contributed by atoms with Crippen LogP contribution in [0.1, 0.15) is 16.8 Å². The Bertz CT molecular complexity index is 1150. The van der Waals surface area contributed by atoms with Crippen molar-refractivity contribution in [3.05, 3.63) is 89.9 Å². The molecule has 0 radical (unpaired) electrons. The Balaban J connectivity index is 1.71. The Morgan fingerprint density at radius 3 is 2.64 bits per heavy atom. The van der Waals surface area contributed by atoms with E-state index in [0.29, 0.717) is 16.8 Å². The third-order valence-electron chi connectivity index (χ3n) is 4.62. The maximum absolute atomic E-state index is 13.4. The van der Waals surface area contributed by atoms with Crippen LogP contribution in [0.4, 0.5) is 4.39 Å². The molecule has 0 fully saturated rings. The summed E-state index contributed by atoms with van der Waals surface area (Å²) in [6.45, 7) is 0.145. The minimum Gasteiger partial charge on any atom is -0.383 e. The molecule has 2 aromatic heterocycles. The summed E-state index contributed by atoms with van der Waals surface area (Å²) in [7, 11) is 0. The average Bonchev–Trinajstić information content (AvgIpc) is 3.20. The monoisotopic (exact) mass is 373 g/mol. The molecule has 0 aliphatic rings. The van der Waals surface area contributed by atoms with Crippen LogP contribution < -0.4 is 0 Å². The van der Waals surface area contributed by atoms with E-state index in [1.165, 1.54) is 29.5 Å². The van der Waals surface area contributed by atoms with Gasteiger partial charge in [-0.15, -0.1) is 0 Å². The SMILES string of the molecule is N#Cc1ccc2nc(CC(O)(Cn3cncn3)c3ccc(F)cc3)ccc2c1. The number of hydrogen-bond acceptors (Lipinski definition) is 5. The number of rotatable bonds is 5. The smallest absolute Gasteiger partial charge is 0.137 e. The van der Waals surface area contributed by atoms with Crippen molar-refractivity contribution < 1.29 is 9.50 Å². The first kappa shape index (κ1) is 17.8. The van der Waals surface area contributed by atoms with Gasteiger partial charge in [0.1, 0.15) is 24.1 Å². The van der Waals surface area contributed by atoms with Crippen LogP contribution in [0.5, 0.6) is 0 Å². The zero-order valence-corrected chi connectivity index (χ0v) is 14.8. The highest BCUT2D eigenvalue weighted by molar-refractivity contribution is 5.80. The van der Waals surface area contributed by atoms with E-state index in [4.69, 9.17) is 5.26 Å². The maximum Gasteiger partial charge on any atom is 0.137 e. The van der Waals surface area contributed by atoms with E-state index in [2.05, 4.69) is 21.1 Å². The van der Waals surface area contributed by atoms with Gasteiger partial charge < -0.3 is 5.11 Å². The van der Waals surface area contributed by atoms with Gasteiger partial charge >= 0.3 is 0 Å². The number of nitriles is 1. The van der Waals surface area contributed by atoms with E-state index in [-0.39, 0.29) is 18.8 Å². The fourth-order valence-electron chi connectivity index (χ4n) is 3.23. The van der Waals surface area contributed by atoms with Crippen LogP contribution in [0.25, 0.3) is 10.9 Å². The number of halogens is 1. The number of aromatic nitrogens is 4. The van der Waals surface area contributed by atoms with Gasteiger partial charge in [0.2, 0.25) is 0 Å². The van der Waals surface area contributed by atoms with Crippen LogP contribution in [0, 0.1) is 17.1 Å². The van der Waals surface area contributed by atoms with E-state index in [1.807, 2.05) is 12.1 Å². The number of pyridine rings is 1. The molecule has 0 saturated heterocycles.